The maximum atomic E-state index is 9.83. The van der Waals surface area contributed by atoms with Gasteiger partial charge in [0.2, 0.25) is 0 Å². The van der Waals surface area contributed by atoms with Crippen LogP contribution in [-0.4, -0.2) is 59.6 Å². The van der Waals surface area contributed by atoms with Gasteiger partial charge in [-0.25, -0.2) is 0 Å². The van der Waals surface area contributed by atoms with Gasteiger partial charge in [-0.3, -0.25) is 0 Å². The highest BCUT2D eigenvalue weighted by molar-refractivity contribution is 4.86. The number of rotatable bonds is 19. The van der Waals surface area contributed by atoms with E-state index in [4.69, 9.17) is 9.47 Å². The number of hydrogen-bond acceptors (Lipinski definition) is 5. The van der Waals surface area contributed by atoms with E-state index in [-0.39, 0.29) is 13.2 Å². The van der Waals surface area contributed by atoms with Crippen LogP contribution in [0.15, 0.2) is 12.2 Å². The van der Waals surface area contributed by atoms with Gasteiger partial charge in [0, 0.05) is 6.61 Å². The lowest BCUT2D eigenvalue weighted by atomic mass is 10.0. The summed E-state index contributed by atoms with van der Waals surface area (Å²) in [6, 6.07) is 0. The Kier molecular flexibility index (Phi) is 17.7. The van der Waals surface area contributed by atoms with Crippen LogP contribution in [-0.2, 0) is 9.47 Å². The molecule has 0 aromatic rings. The number of allylic oxidation sites excluding steroid dienone is 2. The molecule has 5 nitrogen and oxygen atoms in total. The van der Waals surface area contributed by atoms with Crippen LogP contribution >= 0.6 is 0 Å². The second kappa shape index (κ2) is 19.2. The first-order valence-corrected chi connectivity index (χ1v) is 12.5. The summed E-state index contributed by atoms with van der Waals surface area (Å²) in [6.45, 7) is 3.16. The molecule has 0 aliphatic carbocycles. The zero-order chi connectivity index (χ0) is 21.9. The Labute approximate surface area is 184 Å². The normalized spacial score (nSPS) is 24.7. The van der Waals surface area contributed by atoms with Crippen molar-refractivity contribution >= 4 is 0 Å². The van der Waals surface area contributed by atoms with E-state index >= 15 is 0 Å². The summed E-state index contributed by atoms with van der Waals surface area (Å²) in [5.74, 6) is 0. The predicted octanol–water partition coefficient (Wildman–Crippen LogP) is 4.91. The van der Waals surface area contributed by atoms with Gasteiger partial charge in [0.15, 0.2) is 0 Å². The van der Waals surface area contributed by atoms with Crippen LogP contribution < -0.4 is 0 Å². The van der Waals surface area contributed by atoms with E-state index in [0.717, 1.165) is 12.8 Å². The molecule has 0 aromatic heterocycles. The van der Waals surface area contributed by atoms with Crippen LogP contribution in [0.4, 0.5) is 0 Å². The van der Waals surface area contributed by atoms with Crippen molar-refractivity contribution in [2.24, 2.45) is 0 Å². The molecule has 0 unspecified atom stereocenters. The Morgan fingerprint density at radius 2 is 1.27 bits per heavy atom. The van der Waals surface area contributed by atoms with Crippen LogP contribution in [0.1, 0.15) is 103 Å². The lowest BCUT2D eigenvalue weighted by molar-refractivity contribution is -0.199. The summed E-state index contributed by atoms with van der Waals surface area (Å²) < 4.78 is 10.9. The minimum Gasteiger partial charge on any atom is -0.388 e. The highest BCUT2D eigenvalue weighted by Crippen LogP contribution is 2.16. The van der Waals surface area contributed by atoms with Crippen molar-refractivity contribution in [2.45, 2.75) is 128 Å². The van der Waals surface area contributed by atoms with Crippen LogP contribution in [0.2, 0.25) is 0 Å². The Morgan fingerprint density at radius 3 is 1.87 bits per heavy atom. The Balaban J connectivity index is 1.79. The average molecular weight is 429 g/mol. The Hall–Kier alpha value is -0.460. The molecule has 0 spiro atoms. The maximum absolute atomic E-state index is 9.83. The van der Waals surface area contributed by atoms with E-state index in [9.17, 15) is 15.3 Å². The van der Waals surface area contributed by atoms with E-state index in [0.29, 0.717) is 6.61 Å². The molecule has 178 valence electrons. The Morgan fingerprint density at radius 1 is 0.733 bits per heavy atom. The second-order valence-electron chi connectivity index (χ2n) is 8.79. The standard InChI is InChI=1S/C25H48O5/c1-2-3-4-5-6-7-8-9-10-11-12-13-14-15-16-17-18-19-29-21-23-25(28)24(27)22(26)20-30-23/h15-16,22-28H,2-14,17-21H2,1H3/b16-15+/t22-,23+,24+,25+/m1/s1. The average Bonchev–Trinajstić information content (AvgIpc) is 2.75. The molecule has 1 heterocycles. The number of aliphatic hydroxyl groups excluding tert-OH is 3. The smallest absolute Gasteiger partial charge is 0.111 e. The van der Waals surface area contributed by atoms with Gasteiger partial charge in [-0.2, -0.15) is 0 Å². The first-order chi connectivity index (χ1) is 14.7. The number of aliphatic hydroxyl groups is 3. The van der Waals surface area contributed by atoms with Crippen molar-refractivity contribution in [1.29, 1.82) is 0 Å². The van der Waals surface area contributed by atoms with E-state index in [2.05, 4.69) is 19.1 Å². The number of unbranched alkanes of at least 4 members (excludes halogenated alkanes) is 13. The molecule has 1 fully saturated rings. The lowest BCUT2D eigenvalue weighted by Gasteiger charge is -2.35. The van der Waals surface area contributed by atoms with Crippen molar-refractivity contribution < 1.29 is 24.8 Å². The summed E-state index contributed by atoms with van der Waals surface area (Å²) in [5, 5.41) is 28.9. The van der Waals surface area contributed by atoms with Gasteiger partial charge in [-0.15, -0.1) is 0 Å². The van der Waals surface area contributed by atoms with E-state index in [1.165, 1.54) is 83.5 Å². The summed E-state index contributed by atoms with van der Waals surface area (Å²) in [6.07, 6.45) is 20.4. The first kappa shape index (κ1) is 27.6. The largest absolute Gasteiger partial charge is 0.388 e. The fourth-order valence-corrected chi connectivity index (χ4v) is 3.86. The molecule has 0 bridgehead atoms. The topological polar surface area (TPSA) is 79.2 Å². The minimum atomic E-state index is -1.16. The molecule has 0 aromatic carbocycles. The molecule has 4 atom stereocenters. The number of hydrogen-bond donors (Lipinski definition) is 3. The second-order valence-corrected chi connectivity index (χ2v) is 8.79. The van der Waals surface area contributed by atoms with Gasteiger partial charge < -0.3 is 24.8 Å². The van der Waals surface area contributed by atoms with Crippen molar-refractivity contribution in [3.05, 3.63) is 12.2 Å². The molecule has 0 amide bonds. The van der Waals surface area contributed by atoms with E-state index < -0.39 is 24.4 Å². The van der Waals surface area contributed by atoms with Crippen LogP contribution in [0.5, 0.6) is 0 Å². The third-order valence-corrected chi connectivity index (χ3v) is 5.94. The van der Waals surface area contributed by atoms with Gasteiger partial charge in [0.1, 0.15) is 24.4 Å². The monoisotopic (exact) mass is 428 g/mol. The third-order valence-electron chi connectivity index (χ3n) is 5.94. The molecule has 1 saturated heterocycles. The van der Waals surface area contributed by atoms with Gasteiger partial charge in [-0.05, 0) is 25.7 Å². The molecule has 30 heavy (non-hydrogen) atoms. The molecular weight excluding hydrogens is 380 g/mol. The maximum Gasteiger partial charge on any atom is 0.111 e. The minimum absolute atomic E-state index is 0.0358. The highest BCUT2D eigenvalue weighted by Gasteiger charge is 2.37. The van der Waals surface area contributed by atoms with Crippen LogP contribution in [0.3, 0.4) is 0 Å². The van der Waals surface area contributed by atoms with E-state index in [1.54, 1.807) is 0 Å². The van der Waals surface area contributed by atoms with Gasteiger partial charge >= 0.3 is 0 Å². The molecule has 0 radical (unpaired) electrons. The van der Waals surface area contributed by atoms with Gasteiger partial charge in [0.25, 0.3) is 0 Å². The fraction of sp³-hybridized carbons (Fsp3) is 0.920. The van der Waals surface area contributed by atoms with Crippen LogP contribution in [0.25, 0.3) is 0 Å². The molecular formula is C25H48O5. The molecule has 1 rings (SSSR count). The predicted molar refractivity (Wildman–Crippen MR) is 123 cm³/mol. The number of ether oxygens (including phenoxy) is 2. The molecule has 1 aliphatic rings. The van der Waals surface area contributed by atoms with Crippen molar-refractivity contribution in [1.82, 2.24) is 0 Å². The Bertz CT molecular complexity index is 401. The molecule has 5 heteroatoms. The SMILES string of the molecule is CCCCCCCCCCCCCC/C=C/CCCOC[C@@H]1OC[C@@H](O)[C@H](O)[C@H]1O. The zero-order valence-electron chi connectivity index (χ0n) is 19.4. The quantitative estimate of drug-likeness (QED) is 0.201. The highest BCUT2D eigenvalue weighted by atomic mass is 16.6. The molecule has 3 N–H and O–H groups in total. The van der Waals surface area contributed by atoms with Gasteiger partial charge in [0.05, 0.1) is 13.2 Å². The van der Waals surface area contributed by atoms with Gasteiger partial charge in [-0.1, -0.05) is 89.7 Å². The van der Waals surface area contributed by atoms with E-state index in [1.807, 2.05) is 0 Å². The fourth-order valence-electron chi connectivity index (χ4n) is 3.86. The van der Waals surface area contributed by atoms with Crippen LogP contribution in [0, 0.1) is 0 Å². The first-order valence-electron chi connectivity index (χ1n) is 12.5. The summed E-state index contributed by atoms with van der Waals surface area (Å²) in [4.78, 5) is 0. The van der Waals surface area contributed by atoms with Crippen molar-refractivity contribution in [3.8, 4) is 0 Å². The van der Waals surface area contributed by atoms with Crippen molar-refractivity contribution in [3.63, 3.8) is 0 Å². The lowest BCUT2D eigenvalue weighted by Crippen LogP contribution is -2.54. The summed E-state index contributed by atoms with van der Waals surface area (Å²) in [7, 11) is 0. The summed E-state index contributed by atoms with van der Waals surface area (Å²) >= 11 is 0. The summed E-state index contributed by atoms with van der Waals surface area (Å²) in [5.41, 5.74) is 0. The van der Waals surface area contributed by atoms with Crippen molar-refractivity contribution in [2.75, 3.05) is 19.8 Å². The molecule has 0 saturated carbocycles. The third kappa shape index (κ3) is 13.8. The molecule has 1 aliphatic heterocycles. The zero-order valence-corrected chi connectivity index (χ0v) is 19.4.